The number of benzene rings is 2. The van der Waals surface area contributed by atoms with Crippen LogP contribution in [0.5, 0.6) is 11.5 Å². The van der Waals surface area contributed by atoms with Gasteiger partial charge in [0.05, 0.1) is 17.8 Å². The van der Waals surface area contributed by atoms with Crippen molar-refractivity contribution in [3.8, 4) is 11.5 Å². The van der Waals surface area contributed by atoms with Crippen LogP contribution in [0.25, 0.3) is 10.9 Å². The summed E-state index contributed by atoms with van der Waals surface area (Å²) in [5.74, 6) is 1.27. The van der Waals surface area contributed by atoms with Gasteiger partial charge in [0.2, 0.25) is 0 Å². The Hall–Kier alpha value is -1.91. The molecule has 0 aliphatic rings. The van der Waals surface area contributed by atoms with E-state index in [1.54, 1.807) is 13.1 Å². The van der Waals surface area contributed by atoms with Gasteiger partial charge in [0, 0.05) is 15.4 Å². The van der Waals surface area contributed by atoms with Gasteiger partial charge >= 0.3 is 0 Å². The minimum absolute atomic E-state index is 0.596. The van der Waals surface area contributed by atoms with Gasteiger partial charge < -0.3 is 9.84 Å². The number of hydrogen-bond donors (Lipinski definition) is 1. The zero-order valence-electron chi connectivity index (χ0n) is 11.5. The molecule has 3 nitrogen and oxygen atoms in total. The number of fused-ring (bicyclic) bond motifs is 1. The number of nitrogens with zero attached hydrogens (tertiary/aromatic N) is 1. The summed E-state index contributed by atoms with van der Waals surface area (Å²) in [7, 11) is 0. The van der Waals surface area contributed by atoms with Crippen molar-refractivity contribution in [3.63, 3.8) is 0 Å². The molecule has 0 fully saturated rings. The fourth-order valence-electron chi connectivity index (χ4n) is 2.18. The highest BCUT2D eigenvalue weighted by Crippen LogP contribution is 2.32. The standard InChI is InChI=1S/C17H14BrNO2/c1-11(20)15-7-6-13(18)9-17(15)21-14-8-12-4-2-3-5-16(12)19-10-14/h2-11,20H,1H3. The Kier molecular flexibility index (Phi) is 3.90. The molecular formula is C17H14BrNO2. The van der Waals surface area contributed by atoms with E-state index in [0.717, 1.165) is 20.9 Å². The molecule has 0 radical (unpaired) electrons. The second-order valence-corrected chi connectivity index (χ2v) is 5.74. The van der Waals surface area contributed by atoms with Gasteiger partial charge in [-0.1, -0.05) is 40.2 Å². The Morgan fingerprint density at radius 1 is 1.14 bits per heavy atom. The summed E-state index contributed by atoms with van der Waals surface area (Å²) in [5.41, 5.74) is 1.67. The molecule has 2 aromatic carbocycles. The summed E-state index contributed by atoms with van der Waals surface area (Å²) in [6, 6.07) is 15.4. The van der Waals surface area contributed by atoms with Crippen LogP contribution < -0.4 is 4.74 Å². The molecule has 0 aliphatic carbocycles. The average Bonchev–Trinajstić information content (AvgIpc) is 2.47. The maximum Gasteiger partial charge on any atom is 0.146 e. The number of rotatable bonds is 3. The Balaban J connectivity index is 2.00. The van der Waals surface area contributed by atoms with Crippen molar-refractivity contribution in [2.45, 2.75) is 13.0 Å². The van der Waals surface area contributed by atoms with Gasteiger partial charge in [-0.25, -0.2) is 0 Å². The highest BCUT2D eigenvalue weighted by atomic mass is 79.9. The molecule has 0 bridgehead atoms. The molecule has 3 aromatic rings. The third-order valence-corrected chi connectivity index (χ3v) is 3.71. The lowest BCUT2D eigenvalue weighted by atomic mass is 10.1. The van der Waals surface area contributed by atoms with Crippen molar-refractivity contribution in [1.29, 1.82) is 0 Å². The van der Waals surface area contributed by atoms with Gasteiger partial charge in [0.1, 0.15) is 11.5 Å². The van der Waals surface area contributed by atoms with Gasteiger partial charge in [0.15, 0.2) is 0 Å². The molecule has 0 aliphatic heterocycles. The maximum atomic E-state index is 9.83. The zero-order valence-corrected chi connectivity index (χ0v) is 13.0. The first-order chi connectivity index (χ1) is 10.1. The van der Waals surface area contributed by atoms with Gasteiger partial charge in [-0.2, -0.15) is 0 Å². The Morgan fingerprint density at radius 2 is 1.95 bits per heavy atom. The Bertz CT molecular complexity index is 787. The molecule has 1 aromatic heterocycles. The van der Waals surface area contributed by atoms with Gasteiger partial charge in [0.25, 0.3) is 0 Å². The fraction of sp³-hybridized carbons (Fsp3) is 0.118. The fourth-order valence-corrected chi connectivity index (χ4v) is 2.52. The van der Waals surface area contributed by atoms with E-state index in [-0.39, 0.29) is 0 Å². The van der Waals surface area contributed by atoms with E-state index in [0.29, 0.717) is 11.5 Å². The van der Waals surface area contributed by atoms with E-state index >= 15 is 0 Å². The predicted molar refractivity (Wildman–Crippen MR) is 86.6 cm³/mol. The molecule has 0 amide bonds. The first-order valence-corrected chi connectivity index (χ1v) is 7.43. The molecule has 21 heavy (non-hydrogen) atoms. The number of halogens is 1. The van der Waals surface area contributed by atoms with Crippen LogP contribution in [0.2, 0.25) is 0 Å². The van der Waals surface area contributed by atoms with E-state index in [1.807, 2.05) is 48.5 Å². The average molecular weight is 344 g/mol. The van der Waals surface area contributed by atoms with Crippen LogP contribution in [-0.2, 0) is 0 Å². The van der Waals surface area contributed by atoms with E-state index < -0.39 is 6.10 Å². The topological polar surface area (TPSA) is 42.4 Å². The van der Waals surface area contributed by atoms with Gasteiger partial charge in [-0.3, -0.25) is 4.98 Å². The number of aliphatic hydroxyl groups excluding tert-OH is 1. The molecule has 3 rings (SSSR count). The largest absolute Gasteiger partial charge is 0.455 e. The van der Waals surface area contributed by atoms with Crippen LogP contribution >= 0.6 is 15.9 Å². The van der Waals surface area contributed by atoms with Crippen LogP contribution in [0.4, 0.5) is 0 Å². The second kappa shape index (κ2) is 5.84. The van der Waals surface area contributed by atoms with E-state index in [9.17, 15) is 5.11 Å². The van der Waals surface area contributed by atoms with Crippen LogP contribution in [0.15, 0.2) is 59.2 Å². The van der Waals surface area contributed by atoms with Gasteiger partial charge in [-0.05, 0) is 31.2 Å². The summed E-state index contributed by atoms with van der Waals surface area (Å²) in [4.78, 5) is 4.38. The van der Waals surface area contributed by atoms with Crippen LogP contribution in [0.1, 0.15) is 18.6 Å². The Morgan fingerprint density at radius 3 is 2.76 bits per heavy atom. The van der Waals surface area contributed by atoms with E-state index in [1.165, 1.54) is 0 Å². The highest BCUT2D eigenvalue weighted by molar-refractivity contribution is 9.10. The summed E-state index contributed by atoms with van der Waals surface area (Å²) in [6.07, 6.45) is 1.09. The smallest absolute Gasteiger partial charge is 0.146 e. The number of aromatic nitrogens is 1. The molecule has 106 valence electrons. The monoisotopic (exact) mass is 343 g/mol. The minimum atomic E-state index is -0.596. The summed E-state index contributed by atoms with van der Waals surface area (Å²) in [6.45, 7) is 1.72. The molecule has 4 heteroatoms. The maximum absolute atomic E-state index is 9.83. The normalized spacial score (nSPS) is 12.3. The summed E-state index contributed by atoms with van der Waals surface area (Å²) < 4.78 is 6.81. The first kappa shape index (κ1) is 14.0. The van der Waals surface area contributed by atoms with Gasteiger partial charge in [-0.15, -0.1) is 0 Å². The molecule has 1 N–H and O–H groups in total. The number of hydrogen-bond acceptors (Lipinski definition) is 3. The summed E-state index contributed by atoms with van der Waals surface area (Å²) in [5, 5.41) is 10.9. The molecular weight excluding hydrogens is 330 g/mol. The minimum Gasteiger partial charge on any atom is -0.455 e. The molecule has 1 atom stereocenters. The number of ether oxygens (including phenoxy) is 1. The van der Waals surface area contributed by atoms with Crippen molar-refractivity contribution >= 4 is 26.8 Å². The second-order valence-electron chi connectivity index (χ2n) is 4.82. The van der Waals surface area contributed by atoms with Crippen LogP contribution in [0, 0.1) is 0 Å². The first-order valence-electron chi connectivity index (χ1n) is 6.63. The lowest BCUT2D eigenvalue weighted by molar-refractivity contribution is 0.195. The van der Waals surface area contributed by atoms with Crippen LogP contribution in [0.3, 0.4) is 0 Å². The Labute approximate surface area is 131 Å². The SMILES string of the molecule is CC(O)c1ccc(Br)cc1Oc1cnc2ccccc2c1. The third kappa shape index (κ3) is 3.06. The van der Waals surface area contributed by atoms with Crippen molar-refractivity contribution in [1.82, 2.24) is 4.98 Å². The van der Waals surface area contributed by atoms with Crippen molar-refractivity contribution in [3.05, 3.63) is 64.8 Å². The lowest BCUT2D eigenvalue weighted by Crippen LogP contribution is -1.96. The molecule has 0 spiro atoms. The van der Waals surface area contributed by atoms with Crippen LogP contribution in [-0.4, -0.2) is 10.1 Å². The van der Waals surface area contributed by atoms with Crippen molar-refractivity contribution in [2.75, 3.05) is 0 Å². The molecule has 0 saturated heterocycles. The number of para-hydroxylation sites is 1. The van der Waals surface area contributed by atoms with Crippen molar-refractivity contribution < 1.29 is 9.84 Å². The number of pyridine rings is 1. The quantitative estimate of drug-likeness (QED) is 0.739. The molecule has 1 heterocycles. The van der Waals surface area contributed by atoms with E-state index in [2.05, 4.69) is 20.9 Å². The molecule has 1 unspecified atom stereocenters. The number of aliphatic hydroxyl groups is 1. The predicted octanol–water partition coefficient (Wildman–Crippen LogP) is 4.84. The zero-order chi connectivity index (χ0) is 14.8. The summed E-state index contributed by atoms with van der Waals surface area (Å²) >= 11 is 3.42. The lowest BCUT2D eigenvalue weighted by Gasteiger charge is -2.13. The highest BCUT2D eigenvalue weighted by Gasteiger charge is 2.11. The third-order valence-electron chi connectivity index (χ3n) is 3.22. The molecule has 0 saturated carbocycles. The van der Waals surface area contributed by atoms with E-state index in [4.69, 9.17) is 4.74 Å². The van der Waals surface area contributed by atoms with Crippen molar-refractivity contribution in [2.24, 2.45) is 0 Å².